The molecule has 0 nitrogen and oxygen atoms in total. The largest absolute Gasteiger partial charge is 0.147 e. The molecule has 1 aliphatic heterocycles. The molecule has 1 rings (SSSR count). The van der Waals surface area contributed by atoms with E-state index in [9.17, 15) is 0 Å². The lowest BCUT2D eigenvalue weighted by atomic mass is 10.2. The van der Waals surface area contributed by atoms with Crippen molar-refractivity contribution in [2.75, 3.05) is 11.5 Å². The summed E-state index contributed by atoms with van der Waals surface area (Å²) in [6, 6.07) is 0. The summed E-state index contributed by atoms with van der Waals surface area (Å²) in [5, 5.41) is 0. The monoisotopic (exact) mass is 175 g/mol. The first-order valence-corrected chi connectivity index (χ1v) is 6.05. The second kappa shape index (κ2) is 5.36. The van der Waals surface area contributed by atoms with Crippen LogP contribution >= 0.6 is 23.5 Å². The highest BCUT2D eigenvalue weighted by atomic mass is 32.2. The third-order valence-electron chi connectivity index (χ3n) is 1.63. The smallest absolute Gasteiger partial charge is 0.0503 e. The van der Waals surface area contributed by atoms with Gasteiger partial charge in [0.1, 0.15) is 0 Å². The molecule has 0 saturated carbocycles. The predicted molar refractivity (Wildman–Crippen MR) is 52.5 cm³/mol. The van der Waals surface area contributed by atoms with Crippen LogP contribution in [0.2, 0.25) is 0 Å². The van der Waals surface area contributed by atoms with Gasteiger partial charge in [-0.25, -0.2) is 0 Å². The van der Waals surface area contributed by atoms with Gasteiger partial charge in [0.15, 0.2) is 0 Å². The molecule has 0 aliphatic carbocycles. The molecule has 0 aromatic carbocycles. The summed E-state index contributed by atoms with van der Waals surface area (Å²) in [6.45, 7) is 3.84. The van der Waals surface area contributed by atoms with Crippen molar-refractivity contribution >= 4 is 23.5 Å². The third kappa shape index (κ3) is 3.20. The second-order valence-corrected chi connectivity index (χ2v) is 5.44. The molecule has 0 spiro atoms. The van der Waals surface area contributed by atoms with Crippen LogP contribution in [0.3, 0.4) is 0 Å². The fraction of sp³-hybridized carbons (Fsp3) is 0.875. The predicted octanol–water partition coefficient (Wildman–Crippen LogP) is 3.19. The van der Waals surface area contributed by atoms with E-state index in [2.05, 4.69) is 30.4 Å². The van der Waals surface area contributed by atoms with Gasteiger partial charge in [0, 0.05) is 11.5 Å². The number of hydrogen-bond acceptors (Lipinski definition) is 2. The molecule has 10 heavy (non-hydrogen) atoms. The molecule has 59 valence electrons. The Labute approximate surface area is 72.5 Å². The standard InChI is InChI=1S/C8H15S2/c1-2-3-4-5-8-9-6-7-10-8/h8H,1-7H2. The molecule has 0 unspecified atom stereocenters. The zero-order valence-corrected chi connectivity index (χ0v) is 7.98. The zero-order chi connectivity index (χ0) is 7.23. The van der Waals surface area contributed by atoms with Crippen molar-refractivity contribution in [3.63, 3.8) is 0 Å². The average Bonchev–Trinajstić information content (AvgIpc) is 2.41. The van der Waals surface area contributed by atoms with Crippen LogP contribution in [0.1, 0.15) is 25.7 Å². The van der Waals surface area contributed by atoms with Crippen LogP contribution in [-0.2, 0) is 0 Å². The van der Waals surface area contributed by atoms with Gasteiger partial charge in [-0.1, -0.05) is 26.2 Å². The lowest BCUT2D eigenvalue weighted by Gasteiger charge is -2.05. The summed E-state index contributed by atoms with van der Waals surface area (Å²) in [6.07, 6.45) is 5.22. The Kier molecular flexibility index (Phi) is 4.72. The first-order valence-electron chi connectivity index (χ1n) is 3.96. The molecule has 0 aromatic heterocycles. The van der Waals surface area contributed by atoms with Gasteiger partial charge in [-0.15, -0.1) is 23.5 Å². The Morgan fingerprint density at radius 2 is 1.90 bits per heavy atom. The van der Waals surface area contributed by atoms with E-state index in [1.165, 1.54) is 30.8 Å². The molecule has 1 fully saturated rings. The van der Waals surface area contributed by atoms with Gasteiger partial charge < -0.3 is 0 Å². The molecular weight excluding hydrogens is 160 g/mol. The van der Waals surface area contributed by atoms with Gasteiger partial charge in [-0.3, -0.25) is 0 Å². The maximum atomic E-state index is 3.84. The van der Waals surface area contributed by atoms with Gasteiger partial charge >= 0.3 is 0 Å². The molecule has 0 amide bonds. The Morgan fingerprint density at radius 3 is 2.50 bits per heavy atom. The minimum Gasteiger partial charge on any atom is -0.147 e. The van der Waals surface area contributed by atoms with Crippen molar-refractivity contribution in [2.24, 2.45) is 0 Å². The van der Waals surface area contributed by atoms with E-state index in [0.717, 1.165) is 11.0 Å². The van der Waals surface area contributed by atoms with E-state index >= 15 is 0 Å². The van der Waals surface area contributed by atoms with Gasteiger partial charge in [-0.05, 0) is 6.42 Å². The molecule has 2 heteroatoms. The minimum atomic E-state index is 0.923. The van der Waals surface area contributed by atoms with Gasteiger partial charge in [-0.2, -0.15) is 0 Å². The highest BCUT2D eigenvalue weighted by Gasteiger charge is 2.14. The van der Waals surface area contributed by atoms with Crippen molar-refractivity contribution in [3.8, 4) is 0 Å². The van der Waals surface area contributed by atoms with Crippen LogP contribution in [0, 0.1) is 6.92 Å². The van der Waals surface area contributed by atoms with E-state index < -0.39 is 0 Å². The lowest BCUT2D eigenvalue weighted by molar-refractivity contribution is 0.722. The van der Waals surface area contributed by atoms with E-state index in [1.807, 2.05) is 0 Å². The molecule has 1 saturated heterocycles. The van der Waals surface area contributed by atoms with Crippen LogP contribution in [-0.4, -0.2) is 16.1 Å². The summed E-state index contributed by atoms with van der Waals surface area (Å²) >= 11 is 4.27. The number of unbranched alkanes of at least 4 members (excludes halogenated alkanes) is 2. The van der Waals surface area contributed by atoms with Crippen LogP contribution < -0.4 is 0 Å². The van der Waals surface area contributed by atoms with Crippen LogP contribution in [0.5, 0.6) is 0 Å². The van der Waals surface area contributed by atoms with E-state index in [-0.39, 0.29) is 0 Å². The Balaban J connectivity index is 1.91. The van der Waals surface area contributed by atoms with Gasteiger partial charge in [0.05, 0.1) is 4.58 Å². The van der Waals surface area contributed by atoms with E-state index in [4.69, 9.17) is 0 Å². The minimum absolute atomic E-state index is 0.923. The summed E-state index contributed by atoms with van der Waals surface area (Å²) in [4.78, 5) is 0. The fourth-order valence-corrected chi connectivity index (χ4v) is 3.99. The maximum Gasteiger partial charge on any atom is 0.0503 e. The number of rotatable bonds is 4. The van der Waals surface area contributed by atoms with E-state index in [0.29, 0.717) is 0 Å². The topological polar surface area (TPSA) is 0 Å². The number of thioether (sulfide) groups is 2. The summed E-state index contributed by atoms with van der Waals surface area (Å²) in [7, 11) is 0. The third-order valence-corrected chi connectivity index (χ3v) is 4.80. The highest BCUT2D eigenvalue weighted by Crippen LogP contribution is 2.35. The Hall–Kier alpha value is 0.700. The Bertz CT molecular complexity index is 77.3. The van der Waals surface area contributed by atoms with Crippen molar-refractivity contribution in [2.45, 2.75) is 30.3 Å². The molecule has 0 aromatic rings. The summed E-state index contributed by atoms with van der Waals surface area (Å²) < 4.78 is 0.923. The molecule has 1 aliphatic rings. The highest BCUT2D eigenvalue weighted by molar-refractivity contribution is 8.20. The number of hydrogen-bond donors (Lipinski definition) is 0. The first-order chi connectivity index (χ1) is 4.93. The molecule has 1 heterocycles. The normalized spacial score (nSPS) is 20.1. The molecule has 0 bridgehead atoms. The van der Waals surface area contributed by atoms with Crippen molar-refractivity contribution in [1.29, 1.82) is 0 Å². The quantitative estimate of drug-likeness (QED) is 0.602. The SMILES string of the molecule is [CH2]CCCCC1SCCS1. The lowest BCUT2D eigenvalue weighted by Crippen LogP contribution is -1.90. The fourth-order valence-electron chi connectivity index (χ4n) is 1.06. The van der Waals surface area contributed by atoms with E-state index in [1.54, 1.807) is 0 Å². The Morgan fingerprint density at radius 1 is 1.20 bits per heavy atom. The van der Waals surface area contributed by atoms with Crippen LogP contribution in [0.25, 0.3) is 0 Å². The van der Waals surface area contributed by atoms with Crippen molar-refractivity contribution in [3.05, 3.63) is 6.92 Å². The van der Waals surface area contributed by atoms with Gasteiger partial charge in [0.2, 0.25) is 0 Å². The molecule has 1 radical (unpaired) electrons. The zero-order valence-electron chi connectivity index (χ0n) is 6.34. The van der Waals surface area contributed by atoms with Crippen LogP contribution in [0.4, 0.5) is 0 Å². The van der Waals surface area contributed by atoms with Crippen LogP contribution in [0.15, 0.2) is 0 Å². The molecular formula is C8H15S2. The second-order valence-electron chi connectivity index (χ2n) is 2.52. The summed E-state index contributed by atoms with van der Waals surface area (Å²) in [5.74, 6) is 2.75. The first kappa shape index (κ1) is 8.79. The summed E-state index contributed by atoms with van der Waals surface area (Å²) in [5.41, 5.74) is 0. The maximum absolute atomic E-state index is 3.84. The van der Waals surface area contributed by atoms with Gasteiger partial charge in [0.25, 0.3) is 0 Å². The molecule has 0 atom stereocenters. The van der Waals surface area contributed by atoms with Crippen molar-refractivity contribution < 1.29 is 0 Å². The van der Waals surface area contributed by atoms with Crippen molar-refractivity contribution in [1.82, 2.24) is 0 Å². The molecule has 0 N–H and O–H groups in total. The average molecular weight is 175 g/mol.